The van der Waals surface area contributed by atoms with Gasteiger partial charge in [-0.1, -0.05) is 22.9 Å². The molecule has 0 saturated heterocycles. The Hall–Kier alpha value is -2.93. The van der Waals surface area contributed by atoms with Crippen LogP contribution in [-0.4, -0.2) is 34.5 Å². The van der Waals surface area contributed by atoms with E-state index in [1.54, 1.807) is 23.3 Å². The third-order valence-corrected chi connectivity index (χ3v) is 3.36. The topological polar surface area (TPSA) is 84.4 Å². The number of anilines is 1. The molecule has 0 fully saturated rings. The maximum Gasteiger partial charge on any atom is 0.241 e. The maximum atomic E-state index is 12.1. The summed E-state index contributed by atoms with van der Waals surface area (Å²) in [5, 5.41) is 6.71. The third-order valence-electron chi connectivity index (χ3n) is 3.36. The van der Waals surface area contributed by atoms with Crippen molar-refractivity contribution in [1.82, 2.24) is 15.0 Å². The Kier molecular flexibility index (Phi) is 4.72. The van der Waals surface area contributed by atoms with Gasteiger partial charge < -0.3 is 14.3 Å². The van der Waals surface area contributed by atoms with Gasteiger partial charge in [-0.05, 0) is 38.2 Å². The van der Waals surface area contributed by atoms with Crippen molar-refractivity contribution >= 4 is 11.6 Å². The van der Waals surface area contributed by atoms with Gasteiger partial charge >= 0.3 is 0 Å². The molecule has 0 bridgehead atoms. The van der Waals surface area contributed by atoms with Crippen LogP contribution in [0.25, 0.3) is 11.6 Å². The van der Waals surface area contributed by atoms with Crippen molar-refractivity contribution in [3.8, 4) is 11.6 Å². The second-order valence-corrected chi connectivity index (χ2v) is 5.58. The number of aryl methyl sites for hydroxylation is 1. The summed E-state index contributed by atoms with van der Waals surface area (Å²) in [5.74, 6) is 1.26. The average Bonchev–Trinajstić information content (AvgIpc) is 3.20. The zero-order chi connectivity index (χ0) is 16.9. The second kappa shape index (κ2) is 7.10. The van der Waals surface area contributed by atoms with Crippen molar-refractivity contribution in [3.63, 3.8) is 0 Å². The molecule has 1 amide bonds. The molecule has 0 radical (unpaired) electrons. The van der Waals surface area contributed by atoms with E-state index in [0.29, 0.717) is 24.0 Å². The van der Waals surface area contributed by atoms with Crippen LogP contribution < -0.4 is 5.32 Å². The molecule has 2 aromatic heterocycles. The molecule has 1 N–H and O–H groups in total. The number of nitrogens with one attached hydrogen (secondary N) is 1. The van der Waals surface area contributed by atoms with Gasteiger partial charge in [0.05, 0.1) is 19.4 Å². The summed E-state index contributed by atoms with van der Waals surface area (Å²) in [6, 6.07) is 11.2. The van der Waals surface area contributed by atoms with E-state index < -0.39 is 0 Å². The Labute approximate surface area is 139 Å². The fourth-order valence-electron chi connectivity index (χ4n) is 2.19. The molecular formula is C17H18N4O3. The van der Waals surface area contributed by atoms with Crippen LogP contribution in [0.3, 0.4) is 0 Å². The van der Waals surface area contributed by atoms with Crippen molar-refractivity contribution in [2.75, 3.05) is 18.9 Å². The highest BCUT2D eigenvalue weighted by atomic mass is 16.5. The van der Waals surface area contributed by atoms with Crippen molar-refractivity contribution in [2.45, 2.75) is 13.5 Å². The van der Waals surface area contributed by atoms with Gasteiger partial charge in [0.2, 0.25) is 17.6 Å². The number of hydrogen-bond acceptors (Lipinski definition) is 6. The number of carbonyl (C=O) groups is 1. The number of likely N-dealkylation sites (N-methyl/N-ethyl adjacent to an activating group) is 1. The molecule has 0 unspecified atom stereocenters. The average molecular weight is 326 g/mol. The molecule has 7 heteroatoms. The smallest absolute Gasteiger partial charge is 0.241 e. The van der Waals surface area contributed by atoms with Crippen molar-refractivity contribution < 1.29 is 13.7 Å². The molecule has 1 aromatic carbocycles. The SMILES string of the molecule is Cc1ccc(NC(=O)CN(C)Cc2nc(-c3ccco3)no2)cc1. The van der Waals surface area contributed by atoms with Gasteiger partial charge in [-0.2, -0.15) is 4.98 Å². The summed E-state index contributed by atoms with van der Waals surface area (Å²) in [6.45, 7) is 2.59. The fraction of sp³-hybridized carbons (Fsp3) is 0.235. The Morgan fingerprint density at radius 2 is 2.04 bits per heavy atom. The number of amides is 1. The first-order valence-electron chi connectivity index (χ1n) is 7.51. The molecule has 0 atom stereocenters. The van der Waals surface area contributed by atoms with Gasteiger partial charge in [0.25, 0.3) is 0 Å². The molecule has 2 heterocycles. The summed E-state index contributed by atoms with van der Waals surface area (Å²) in [4.78, 5) is 18.1. The maximum absolute atomic E-state index is 12.1. The van der Waals surface area contributed by atoms with Gasteiger partial charge in [-0.25, -0.2) is 0 Å². The minimum absolute atomic E-state index is 0.105. The minimum atomic E-state index is -0.105. The van der Waals surface area contributed by atoms with E-state index in [2.05, 4.69) is 15.5 Å². The number of rotatable bonds is 6. The minimum Gasteiger partial charge on any atom is -0.461 e. The summed E-state index contributed by atoms with van der Waals surface area (Å²) < 4.78 is 10.4. The highest BCUT2D eigenvalue weighted by molar-refractivity contribution is 5.92. The normalized spacial score (nSPS) is 11.0. The Bertz CT molecular complexity index is 794. The Balaban J connectivity index is 1.52. The lowest BCUT2D eigenvalue weighted by Crippen LogP contribution is -2.29. The lowest BCUT2D eigenvalue weighted by Gasteiger charge is -2.13. The van der Waals surface area contributed by atoms with Crippen LogP contribution in [0.15, 0.2) is 51.6 Å². The number of nitrogens with zero attached hydrogens (tertiary/aromatic N) is 3. The monoisotopic (exact) mass is 326 g/mol. The van der Waals surface area contributed by atoms with Crippen molar-refractivity contribution in [3.05, 3.63) is 54.1 Å². The van der Waals surface area contributed by atoms with Gasteiger partial charge in [0.15, 0.2) is 5.76 Å². The van der Waals surface area contributed by atoms with Gasteiger partial charge in [-0.3, -0.25) is 9.69 Å². The predicted molar refractivity (Wildman–Crippen MR) is 88.1 cm³/mol. The molecular weight excluding hydrogens is 308 g/mol. The number of carbonyl (C=O) groups excluding carboxylic acids is 1. The molecule has 0 spiro atoms. The van der Waals surface area contributed by atoms with E-state index in [1.165, 1.54) is 0 Å². The van der Waals surface area contributed by atoms with Crippen molar-refractivity contribution in [1.29, 1.82) is 0 Å². The molecule has 24 heavy (non-hydrogen) atoms. The van der Waals surface area contributed by atoms with Gasteiger partial charge in [0, 0.05) is 5.69 Å². The number of furan rings is 1. The zero-order valence-electron chi connectivity index (χ0n) is 13.5. The lowest BCUT2D eigenvalue weighted by atomic mass is 10.2. The molecule has 124 valence electrons. The lowest BCUT2D eigenvalue weighted by molar-refractivity contribution is -0.117. The molecule has 0 aliphatic carbocycles. The van der Waals surface area contributed by atoms with E-state index in [9.17, 15) is 4.79 Å². The van der Waals surface area contributed by atoms with E-state index >= 15 is 0 Å². The molecule has 0 aliphatic rings. The number of aromatic nitrogens is 2. The van der Waals surface area contributed by atoms with Crippen LogP contribution in [-0.2, 0) is 11.3 Å². The van der Waals surface area contributed by atoms with E-state index in [-0.39, 0.29) is 12.5 Å². The summed E-state index contributed by atoms with van der Waals surface area (Å²) in [5.41, 5.74) is 1.92. The first-order valence-corrected chi connectivity index (χ1v) is 7.51. The van der Waals surface area contributed by atoms with Crippen LogP contribution in [0.1, 0.15) is 11.5 Å². The Morgan fingerprint density at radius 1 is 1.25 bits per heavy atom. The summed E-state index contributed by atoms with van der Waals surface area (Å²) >= 11 is 0. The largest absolute Gasteiger partial charge is 0.461 e. The van der Waals surface area contributed by atoms with Crippen molar-refractivity contribution in [2.24, 2.45) is 0 Å². The first-order chi connectivity index (χ1) is 11.6. The van der Waals surface area contributed by atoms with Crippen LogP contribution in [0.2, 0.25) is 0 Å². The molecule has 0 aliphatic heterocycles. The van der Waals surface area contributed by atoms with Crippen LogP contribution in [0.4, 0.5) is 5.69 Å². The van der Waals surface area contributed by atoms with Crippen LogP contribution in [0, 0.1) is 6.92 Å². The molecule has 3 rings (SSSR count). The highest BCUT2D eigenvalue weighted by Gasteiger charge is 2.14. The van der Waals surface area contributed by atoms with Gasteiger partial charge in [-0.15, -0.1) is 0 Å². The molecule has 3 aromatic rings. The van der Waals surface area contributed by atoms with E-state index in [0.717, 1.165) is 11.3 Å². The first kappa shape index (κ1) is 15.9. The Morgan fingerprint density at radius 3 is 2.75 bits per heavy atom. The second-order valence-electron chi connectivity index (χ2n) is 5.58. The quantitative estimate of drug-likeness (QED) is 0.750. The predicted octanol–water partition coefficient (Wildman–Crippen LogP) is 2.71. The third kappa shape index (κ3) is 4.08. The van der Waals surface area contributed by atoms with Crippen LogP contribution >= 0.6 is 0 Å². The summed E-state index contributed by atoms with van der Waals surface area (Å²) in [7, 11) is 1.81. The number of benzene rings is 1. The molecule has 0 saturated carbocycles. The molecule has 7 nitrogen and oxygen atoms in total. The van der Waals surface area contributed by atoms with E-state index in [4.69, 9.17) is 8.94 Å². The van der Waals surface area contributed by atoms with E-state index in [1.807, 2.05) is 38.2 Å². The fourth-order valence-corrected chi connectivity index (χ4v) is 2.19. The zero-order valence-corrected chi connectivity index (χ0v) is 13.5. The number of hydrogen-bond donors (Lipinski definition) is 1. The highest BCUT2D eigenvalue weighted by Crippen LogP contribution is 2.16. The van der Waals surface area contributed by atoms with Gasteiger partial charge in [0.1, 0.15) is 0 Å². The standard InChI is InChI=1S/C17H18N4O3/c1-12-5-7-13(8-6-12)18-15(22)10-21(2)11-16-19-17(20-24-16)14-4-3-9-23-14/h3-9H,10-11H2,1-2H3,(H,18,22). The van der Waals surface area contributed by atoms with Crippen LogP contribution in [0.5, 0.6) is 0 Å². The summed E-state index contributed by atoms with van der Waals surface area (Å²) in [6.07, 6.45) is 1.55.